The van der Waals surface area contributed by atoms with E-state index in [1.807, 2.05) is 0 Å². The molecule has 82 heavy (non-hydrogen) atoms. The molecule has 32 heteroatoms. The Morgan fingerprint density at radius 3 is 0.976 bits per heavy atom. The number of nitrogens with two attached hydrogens (primary N) is 8. The lowest BCUT2D eigenvalue weighted by Gasteiger charge is -2.47. The van der Waals surface area contributed by atoms with Crippen molar-refractivity contribution in [2.45, 2.75) is 261 Å². The van der Waals surface area contributed by atoms with Gasteiger partial charge in [-0.3, -0.25) is 0 Å². The molecular weight excluding hydrogens is 1090 g/mol. The quantitative estimate of drug-likeness (QED) is 0.0340. The zero-order chi connectivity index (χ0) is 59.9. The number of amides is 4. The molecule has 478 valence electrons. The standard InChI is InChI=1S/C50H98N12O20/c51-21-13-23(53)43(81-47-37(69)33(57)35(67)31(19-63)77-47)39(71)41(21)79-45-25(55)15-27(65)29(75-45)17-61-49(73)59-11-9-7-5-3-1-2-4-6-8-10-12-60-50(74)62-18-30-28(66)16-26(56)46(76-30)80-42-22(52)14-24(54)44(40(42)72)82-48-38(70)34(58)36(68)32(20-64)78-48/h21-48,63-72H,1-20,51-58H2,(H2,59,61,73)(H2,60,62,74). The third kappa shape index (κ3) is 18.5. The Kier molecular flexibility index (Phi) is 27.6. The molecule has 0 bridgehead atoms. The molecule has 0 aromatic rings. The van der Waals surface area contributed by atoms with Gasteiger partial charge < -0.3 is 156 Å². The molecule has 2 aliphatic carbocycles. The van der Waals surface area contributed by atoms with Crippen LogP contribution in [-0.2, 0) is 37.9 Å². The van der Waals surface area contributed by atoms with Crippen molar-refractivity contribution in [1.29, 1.82) is 0 Å². The van der Waals surface area contributed by atoms with Crippen LogP contribution in [0, 0.1) is 0 Å². The molecule has 30 N–H and O–H groups in total. The first-order valence-electron chi connectivity index (χ1n) is 29.0. The van der Waals surface area contributed by atoms with Gasteiger partial charge in [-0.05, 0) is 38.5 Å². The predicted molar refractivity (Wildman–Crippen MR) is 288 cm³/mol. The van der Waals surface area contributed by atoms with Crippen LogP contribution in [0.1, 0.15) is 89.9 Å². The Morgan fingerprint density at radius 1 is 0.366 bits per heavy atom. The molecule has 0 aromatic carbocycles. The van der Waals surface area contributed by atoms with Crippen molar-refractivity contribution in [1.82, 2.24) is 21.3 Å². The van der Waals surface area contributed by atoms with E-state index in [-0.39, 0.29) is 38.8 Å². The summed E-state index contributed by atoms with van der Waals surface area (Å²) in [6.07, 6.45) is -14.7. The minimum absolute atomic E-state index is 0.0557. The van der Waals surface area contributed by atoms with Crippen molar-refractivity contribution >= 4 is 12.1 Å². The van der Waals surface area contributed by atoms with Crippen LogP contribution in [0.4, 0.5) is 9.59 Å². The van der Waals surface area contributed by atoms with Gasteiger partial charge >= 0.3 is 12.1 Å². The number of carbonyl (C=O) groups excluding carboxylic acids is 2. The average Bonchev–Trinajstić information content (AvgIpc) is 3.51. The number of nitrogens with one attached hydrogen (secondary N) is 4. The molecular formula is C50H98N12O20. The number of unbranched alkanes of at least 4 members (excludes halogenated alkanes) is 9. The first kappa shape index (κ1) is 68.6. The molecule has 28 unspecified atom stereocenters. The van der Waals surface area contributed by atoms with E-state index in [4.69, 9.17) is 83.8 Å². The first-order valence-corrected chi connectivity index (χ1v) is 29.0. The zero-order valence-corrected chi connectivity index (χ0v) is 46.5. The Bertz CT molecular complexity index is 1760. The summed E-state index contributed by atoms with van der Waals surface area (Å²) < 4.78 is 46.9. The van der Waals surface area contributed by atoms with E-state index in [2.05, 4.69) is 21.3 Å². The average molecular weight is 1190 g/mol. The highest BCUT2D eigenvalue weighted by atomic mass is 16.7. The second-order valence-electron chi connectivity index (χ2n) is 22.9. The molecule has 4 amide bonds. The van der Waals surface area contributed by atoms with Crippen molar-refractivity contribution in [3.8, 4) is 0 Å². The molecule has 6 fully saturated rings. The van der Waals surface area contributed by atoms with Crippen LogP contribution in [0.25, 0.3) is 0 Å². The van der Waals surface area contributed by atoms with Crippen molar-refractivity contribution in [3.63, 3.8) is 0 Å². The van der Waals surface area contributed by atoms with Crippen LogP contribution in [0.2, 0.25) is 0 Å². The summed E-state index contributed by atoms with van der Waals surface area (Å²) in [6.45, 7) is -0.447. The molecule has 0 radical (unpaired) electrons. The van der Waals surface area contributed by atoms with E-state index in [1.165, 1.54) is 0 Å². The molecule has 4 saturated heterocycles. The Balaban J connectivity index is 0.772. The largest absolute Gasteiger partial charge is 0.394 e. The normalized spacial score (nSPS) is 43.7. The number of aliphatic hydroxyl groups is 10. The minimum Gasteiger partial charge on any atom is -0.394 e. The fourth-order valence-electron chi connectivity index (χ4n) is 11.4. The lowest BCUT2D eigenvalue weighted by atomic mass is 9.84. The van der Waals surface area contributed by atoms with Gasteiger partial charge in [0, 0.05) is 50.3 Å². The number of urea groups is 2. The maximum Gasteiger partial charge on any atom is 0.314 e. The Labute approximate surface area is 477 Å². The van der Waals surface area contributed by atoms with Crippen LogP contribution < -0.4 is 67.1 Å². The van der Waals surface area contributed by atoms with Crippen LogP contribution in [0.3, 0.4) is 0 Å². The van der Waals surface area contributed by atoms with Crippen molar-refractivity contribution in [2.24, 2.45) is 45.9 Å². The van der Waals surface area contributed by atoms with Gasteiger partial charge in [-0.25, -0.2) is 9.59 Å². The molecule has 4 aliphatic heterocycles. The monoisotopic (exact) mass is 1190 g/mol. The Hall–Kier alpha value is -2.50. The lowest BCUT2D eigenvalue weighted by molar-refractivity contribution is -0.315. The third-order valence-electron chi connectivity index (χ3n) is 16.5. The van der Waals surface area contributed by atoms with Crippen LogP contribution >= 0.6 is 0 Å². The van der Waals surface area contributed by atoms with Gasteiger partial charge in [0.2, 0.25) is 0 Å². The highest BCUT2D eigenvalue weighted by Crippen LogP contribution is 2.33. The van der Waals surface area contributed by atoms with Crippen LogP contribution in [-0.4, -0.2) is 274 Å². The number of rotatable bonds is 27. The number of aliphatic hydroxyl groups excluding tert-OH is 10. The van der Waals surface area contributed by atoms with Gasteiger partial charge in [0.1, 0.15) is 85.5 Å². The molecule has 0 spiro atoms. The van der Waals surface area contributed by atoms with E-state index in [1.54, 1.807) is 0 Å². The lowest BCUT2D eigenvalue weighted by Crippen LogP contribution is -2.68. The fourth-order valence-corrected chi connectivity index (χ4v) is 11.4. The van der Waals surface area contributed by atoms with Crippen LogP contribution in [0.5, 0.6) is 0 Å². The molecule has 2 saturated carbocycles. The van der Waals surface area contributed by atoms with E-state index in [9.17, 15) is 60.7 Å². The molecule has 32 nitrogen and oxygen atoms in total. The summed E-state index contributed by atoms with van der Waals surface area (Å²) in [4.78, 5) is 25.3. The second-order valence-corrected chi connectivity index (χ2v) is 22.9. The molecule has 6 aliphatic rings. The van der Waals surface area contributed by atoms with Gasteiger partial charge in [0.25, 0.3) is 0 Å². The molecule has 4 heterocycles. The number of ether oxygens (including phenoxy) is 8. The van der Waals surface area contributed by atoms with Crippen molar-refractivity contribution in [3.05, 3.63) is 0 Å². The van der Waals surface area contributed by atoms with Gasteiger partial charge in [0.05, 0.1) is 49.6 Å². The predicted octanol–water partition coefficient (Wildman–Crippen LogP) is -9.00. The number of hydrogen-bond acceptors (Lipinski definition) is 28. The third-order valence-corrected chi connectivity index (χ3v) is 16.5. The van der Waals surface area contributed by atoms with E-state index in [0.717, 1.165) is 64.2 Å². The number of hydrogen-bond donors (Lipinski definition) is 22. The fraction of sp³-hybridized carbons (Fsp3) is 0.960. The van der Waals surface area contributed by atoms with E-state index in [0.29, 0.717) is 13.1 Å². The molecule has 0 aromatic heterocycles. The van der Waals surface area contributed by atoms with Crippen molar-refractivity contribution < 1.29 is 98.5 Å². The van der Waals surface area contributed by atoms with Gasteiger partial charge in [0.15, 0.2) is 25.2 Å². The summed E-state index contributed by atoms with van der Waals surface area (Å²) in [6, 6.07) is -8.23. The molecule has 28 atom stereocenters. The summed E-state index contributed by atoms with van der Waals surface area (Å²) in [7, 11) is 0. The first-order chi connectivity index (χ1) is 39.0. The highest BCUT2D eigenvalue weighted by Gasteiger charge is 2.53. The summed E-state index contributed by atoms with van der Waals surface area (Å²) in [5.41, 5.74) is 49.7. The maximum absolute atomic E-state index is 12.6. The number of carbonyl (C=O) groups is 2. The van der Waals surface area contributed by atoms with E-state index >= 15 is 0 Å². The summed E-state index contributed by atoms with van der Waals surface area (Å²) in [5, 5.41) is 116. The Morgan fingerprint density at radius 2 is 0.659 bits per heavy atom. The van der Waals surface area contributed by atoms with E-state index < -0.39 is 196 Å². The summed E-state index contributed by atoms with van der Waals surface area (Å²) in [5.74, 6) is 0. The highest BCUT2D eigenvalue weighted by molar-refractivity contribution is 5.74. The van der Waals surface area contributed by atoms with Gasteiger partial charge in [-0.15, -0.1) is 0 Å². The van der Waals surface area contributed by atoms with Crippen molar-refractivity contribution in [2.75, 3.05) is 39.4 Å². The topological polar surface area (TPSA) is 567 Å². The van der Waals surface area contributed by atoms with Gasteiger partial charge in [-0.2, -0.15) is 0 Å². The maximum atomic E-state index is 12.6. The second kappa shape index (κ2) is 33.0. The van der Waals surface area contributed by atoms with Gasteiger partial charge in [-0.1, -0.05) is 51.4 Å². The van der Waals surface area contributed by atoms with Crippen LogP contribution in [0.15, 0.2) is 0 Å². The zero-order valence-electron chi connectivity index (χ0n) is 46.5. The molecule has 6 rings (SSSR count). The SMILES string of the molecule is NC1CC(O)C(CNC(=O)NCCCCCCCCCCCCNC(=O)NCC2OC(OC3C(N)CC(N)C(OC4OC(CO)C(O)C(N)C4O)C3O)C(N)CC2O)OC1OC1C(N)CC(N)C(OC2OC(CO)C(O)C(N)C2O)C1O. The smallest absolute Gasteiger partial charge is 0.314 e. The minimum atomic E-state index is -1.51. The summed E-state index contributed by atoms with van der Waals surface area (Å²) >= 11 is 0.